The quantitative estimate of drug-likeness (QED) is 0.693. The van der Waals surface area contributed by atoms with Crippen LogP contribution in [-0.2, 0) is 0 Å². The normalized spacial score (nSPS) is 12.7. The molecule has 21 heavy (non-hydrogen) atoms. The molecule has 3 N–H and O–H groups in total. The lowest BCUT2D eigenvalue weighted by molar-refractivity contribution is 0.631. The van der Waals surface area contributed by atoms with E-state index >= 15 is 0 Å². The van der Waals surface area contributed by atoms with Crippen LogP contribution >= 0.6 is 11.6 Å². The fraction of sp³-hybridized carbons (Fsp3) is 0.188. The van der Waals surface area contributed by atoms with E-state index < -0.39 is 0 Å². The molecular weight excluding hydrogens is 286 g/mol. The second-order valence-corrected chi connectivity index (χ2v) is 5.36. The van der Waals surface area contributed by atoms with Crippen molar-refractivity contribution < 1.29 is 0 Å². The third-order valence-corrected chi connectivity index (χ3v) is 3.74. The molecule has 0 aliphatic carbocycles. The minimum absolute atomic E-state index is 0.0649. The van der Waals surface area contributed by atoms with Crippen molar-refractivity contribution in [1.82, 2.24) is 15.3 Å². The maximum absolute atomic E-state index is 11.4. The molecule has 1 unspecified atom stereocenters. The van der Waals surface area contributed by atoms with Gasteiger partial charge in [-0.05, 0) is 41.9 Å². The first-order valence-electron chi connectivity index (χ1n) is 6.88. The molecule has 3 aromatic rings. The number of nitrogens with one attached hydrogen (secondary N) is 3. The molecular formula is C16H16ClN3O. The second-order valence-electron chi connectivity index (χ2n) is 4.93. The van der Waals surface area contributed by atoms with Gasteiger partial charge < -0.3 is 15.3 Å². The van der Waals surface area contributed by atoms with Crippen molar-refractivity contribution in [3.8, 4) is 0 Å². The highest BCUT2D eigenvalue weighted by molar-refractivity contribution is 6.30. The van der Waals surface area contributed by atoms with Gasteiger partial charge in [0.2, 0.25) is 0 Å². The Bertz CT molecular complexity index is 804. The molecule has 0 radical (unpaired) electrons. The number of aromatic nitrogens is 2. The maximum atomic E-state index is 11.4. The van der Waals surface area contributed by atoms with E-state index in [0.717, 1.165) is 33.7 Å². The molecule has 2 aromatic carbocycles. The summed E-state index contributed by atoms with van der Waals surface area (Å²) in [5.74, 6) is 0. The first-order valence-corrected chi connectivity index (χ1v) is 7.26. The van der Waals surface area contributed by atoms with Crippen LogP contribution in [0, 0.1) is 0 Å². The van der Waals surface area contributed by atoms with Gasteiger partial charge in [-0.15, -0.1) is 0 Å². The van der Waals surface area contributed by atoms with Gasteiger partial charge in [0, 0.05) is 5.02 Å². The van der Waals surface area contributed by atoms with Crippen molar-refractivity contribution in [2.24, 2.45) is 0 Å². The number of aromatic amines is 2. The summed E-state index contributed by atoms with van der Waals surface area (Å²) in [6.45, 7) is 2.91. The Hall–Kier alpha value is -2.04. The summed E-state index contributed by atoms with van der Waals surface area (Å²) in [6.07, 6.45) is 0. The third-order valence-electron chi connectivity index (χ3n) is 3.48. The van der Waals surface area contributed by atoms with E-state index in [9.17, 15) is 4.79 Å². The molecule has 5 heteroatoms. The van der Waals surface area contributed by atoms with Crippen LogP contribution < -0.4 is 11.0 Å². The van der Waals surface area contributed by atoms with Gasteiger partial charge in [-0.25, -0.2) is 4.79 Å². The number of halogens is 1. The predicted octanol–water partition coefficient (Wildman–Crippen LogP) is 3.21. The van der Waals surface area contributed by atoms with Crippen molar-refractivity contribution in [2.75, 3.05) is 6.54 Å². The molecule has 1 atom stereocenters. The van der Waals surface area contributed by atoms with Crippen LogP contribution in [0.1, 0.15) is 24.1 Å². The molecule has 1 aromatic heterocycles. The van der Waals surface area contributed by atoms with Gasteiger partial charge in [-0.2, -0.15) is 0 Å². The highest BCUT2D eigenvalue weighted by atomic mass is 35.5. The van der Waals surface area contributed by atoms with E-state index in [2.05, 4.69) is 22.2 Å². The molecule has 0 bridgehead atoms. The van der Waals surface area contributed by atoms with Crippen LogP contribution in [0.3, 0.4) is 0 Å². The molecule has 108 valence electrons. The summed E-state index contributed by atoms with van der Waals surface area (Å²) in [4.78, 5) is 16.9. The molecule has 0 aliphatic heterocycles. The fourth-order valence-corrected chi connectivity index (χ4v) is 2.64. The third kappa shape index (κ3) is 2.86. The SMILES string of the molecule is CCNC(c1ccc(Cl)cc1)c1ccc2[nH]c(=O)[nH]c2c1. The number of benzene rings is 2. The summed E-state index contributed by atoms with van der Waals surface area (Å²) in [5.41, 5.74) is 3.68. The number of fused-ring (bicyclic) bond motifs is 1. The van der Waals surface area contributed by atoms with Crippen molar-refractivity contribution in [3.05, 3.63) is 69.1 Å². The Labute approximate surface area is 127 Å². The average Bonchev–Trinajstić information content (AvgIpc) is 2.85. The van der Waals surface area contributed by atoms with Gasteiger partial charge in [0.05, 0.1) is 17.1 Å². The summed E-state index contributed by atoms with van der Waals surface area (Å²) < 4.78 is 0. The van der Waals surface area contributed by atoms with Crippen molar-refractivity contribution >= 4 is 22.6 Å². The van der Waals surface area contributed by atoms with E-state index in [1.54, 1.807) is 0 Å². The number of H-pyrrole nitrogens is 2. The van der Waals surface area contributed by atoms with Crippen molar-refractivity contribution in [2.45, 2.75) is 13.0 Å². The fourth-order valence-electron chi connectivity index (χ4n) is 2.52. The van der Waals surface area contributed by atoms with Gasteiger partial charge >= 0.3 is 5.69 Å². The van der Waals surface area contributed by atoms with Gasteiger partial charge in [-0.1, -0.05) is 36.7 Å². The molecule has 0 saturated heterocycles. The number of imidazole rings is 1. The van der Waals surface area contributed by atoms with Crippen LogP contribution in [0.4, 0.5) is 0 Å². The first kappa shape index (κ1) is 13.9. The summed E-state index contributed by atoms with van der Waals surface area (Å²) in [5, 5.41) is 4.18. The number of hydrogen-bond donors (Lipinski definition) is 3. The first-order chi connectivity index (χ1) is 10.2. The molecule has 3 rings (SSSR count). The van der Waals surface area contributed by atoms with Crippen molar-refractivity contribution in [1.29, 1.82) is 0 Å². The van der Waals surface area contributed by atoms with E-state index in [0.29, 0.717) is 0 Å². The molecule has 0 amide bonds. The Morgan fingerprint density at radius 2 is 1.71 bits per heavy atom. The minimum atomic E-state index is -0.186. The highest BCUT2D eigenvalue weighted by Crippen LogP contribution is 2.25. The standard InChI is InChI=1S/C16H16ClN3O/c1-2-18-15(10-3-6-12(17)7-4-10)11-5-8-13-14(9-11)20-16(21)19-13/h3-9,15,18H,2H2,1H3,(H2,19,20,21). The minimum Gasteiger partial charge on any atom is -0.307 e. The molecule has 0 aliphatic rings. The van der Waals surface area contributed by atoms with Crippen LogP contribution in [0.2, 0.25) is 5.02 Å². The van der Waals surface area contributed by atoms with Crippen molar-refractivity contribution in [3.63, 3.8) is 0 Å². The Morgan fingerprint density at radius 1 is 1.05 bits per heavy atom. The van der Waals surface area contributed by atoms with E-state index in [1.165, 1.54) is 0 Å². The van der Waals surface area contributed by atoms with Gasteiger partial charge in [0.25, 0.3) is 0 Å². The Kier molecular flexibility index (Phi) is 3.82. The van der Waals surface area contributed by atoms with Gasteiger partial charge in [0.1, 0.15) is 0 Å². The lowest BCUT2D eigenvalue weighted by Crippen LogP contribution is -2.21. The molecule has 4 nitrogen and oxygen atoms in total. The van der Waals surface area contributed by atoms with E-state index in [4.69, 9.17) is 11.6 Å². The topological polar surface area (TPSA) is 60.7 Å². The Morgan fingerprint density at radius 3 is 2.43 bits per heavy atom. The summed E-state index contributed by atoms with van der Waals surface area (Å²) >= 11 is 5.96. The van der Waals surface area contributed by atoms with Crippen LogP contribution in [0.15, 0.2) is 47.3 Å². The number of rotatable bonds is 4. The Balaban J connectivity index is 2.05. The molecule has 0 spiro atoms. The summed E-state index contributed by atoms with van der Waals surface area (Å²) in [7, 11) is 0. The summed E-state index contributed by atoms with van der Waals surface area (Å²) in [6, 6.07) is 13.8. The largest absolute Gasteiger partial charge is 0.323 e. The maximum Gasteiger partial charge on any atom is 0.323 e. The highest BCUT2D eigenvalue weighted by Gasteiger charge is 2.14. The lowest BCUT2D eigenvalue weighted by atomic mass is 9.98. The van der Waals surface area contributed by atoms with Gasteiger partial charge in [0.15, 0.2) is 0 Å². The van der Waals surface area contributed by atoms with Crippen LogP contribution in [0.5, 0.6) is 0 Å². The smallest absolute Gasteiger partial charge is 0.307 e. The number of hydrogen-bond acceptors (Lipinski definition) is 2. The molecule has 0 fully saturated rings. The predicted molar refractivity (Wildman–Crippen MR) is 85.9 cm³/mol. The lowest BCUT2D eigenvalue weighted by Gasteiger charge is -2.19. The zero-order chi connectivity index (χ0) is 14.8. The van der Waals surface area contributed by atoms with Crippen LogP contribution in [0.25, 0.3) is 11.0 Å². The average molecular weight is 302 g/mol. The molecule has 1 heterocycles. The van der Waals surface area contributed by atoms with Gasteiger partial charge in [-0.3, -0.25) is 0 Å². The molecule has 0 saturated carbocycles. The van der Waals surface area contributed by atoms with Crippen LogP contribution in [-0.4, -0.2) is 16.5 Å². The zero-order valence-corrected chi connectivity index (χ0v) is 12.4. The second kappa shape index (κ2) is 5.76. The monoisotopic (exact) mass is 301 g/mol. The zero-order valence-electron chi connectivity index (χ0n) is 11.6. The van der Waals surface area contributed by atoms with E-state index in [1.807, 2.05) is 42.5 Å². The van der Waals surface area contributed by atoms with E-state index in [-0.39, 0.29) is 11.7 Å².